The first kappa shape index (κ1) is 22.7. The maximum Gasteiger partial charge on any atom is 0.243 e. The summed E-state index contributed by atoms with van der Waals surface area (Å²) in [6.45, 7) is 3.59. The molecule has 3 aromatic rings. The number of nitrogens with one attached hydrogen (secondary N) is 2. The van der Waals surface area contributed by atoms with Crippen LogP contribution in [0.1, 0.15) is 13.8 Å². The lowest BCUT2D eigenvalue weighted by molar-refractivity contribution is -0.114. The summed E-state index contributed by atoms with van der Waals surface area (Å²) in [5.74, 6) is -0.306. The lowest BCUT2D eigenvalue weighted by atomic mass is 10.2. The van der Waals surface area contributed by atoms with Gasteiger partial charge >= 0.3 is 0 Å². The summed E-state index contributed by atoms with van der Waals surface area (Å²) in [5.41, 5.74) is 1.73. The summed E-state index contributed by atoms with van der Waals surface area (Å²) < 4.78 is 27.9. The number of aromatic nitrogens is 3. The molecular formula is C20H23ClN6O3S. The SMILES string of the molecule is CC(C)N(C)S(=O)(=O)c1ccc(NCC(=O)Nc2cc(Cl)ccc2-n2cncn2)cc1. The van der Waals surface area contributed by atoms with Gasteiger partial charge in [0.2, 0.25) is 15.9 Å². The van der Waals surface area contributed by atoms with E-state index >= 15 is 0 Å². The number of anilines is 2. The van der Waals surface area contributed by atoms with Crippen molar-refractivity contribution in [3.05, 3.63) is 60.1 Å². The van der Waals surface area contributed by atoms with Gasteiger partial charge in [-0.25, -0.2) is 18.1 Å². The van der Waals surface area contributed by atoms with Gasteiger partial charge in [-0.15, -0.1) is 0 Å². The minimum Gasteiger partial charge on any atom is -0.376 e. The molecule has 0 radical (unpaired) electrons. The second-order valence-electron chi connectivity index (χ2n) is 7.04. The quantitative estimate of drug-likeness (QED) is 0.532. The van der Waals surface area contributed by atoms with Gasteiger partial charge in [-0.05, 0) is 56.3 Å². The summed E-state index contributed by atoms with van der Waals surface area (Å²) in [7, 11) is -2.02. The Kier molecular flexibility index (Phi) is 6.94. The van der Waals surface area contributed by atoms with Crippen molar-refractivity contribution >= 4 is 38.9 Å². The molecule has 0 bridgehead atoms. The Morgan fingerprint density at radius 2 is 1.90 bits per heavy atom. The van der Waals surface area contributed by atoms with Crippen LogP contribution >= 0.6 is 11.6 Å². The molecule has 31 heavy (non-hydrogen) atoms. The molecule has 0 aliphatic heterocycles. The second kappa shape index (κ2) is 9.46. The zero-order valence-electron chi connectivity index (χ0n) is 17.3. The third kappa shape index (κ3) is 5.40. The molecule has 0 aliphatic rings. The van der Waals surface area contributed by atoms with Crippen molar-refractivity contribution < 1.29 is 13.2 Å². The van der Waals surface area contributed by atoms with Crippen LogP contribution in [0.4, 0.5) is 11.4 Å². The van der Waals surface area contributed by atoms with Crippen molar-refractivity contribution in [1.29, 1.82) is 0 Å². The van der Waals surface area contributed by atoms with Gasteiger partial charge in [0, 0.05) is 23.8 Å². The molecule has 9 nitrogen and oxygen atoms in total. The summed E-state index contributed by atoms with van der Waals surface area (Å²) >= 11 is 6.06. The van der Waals surface area contributed by atoms with E-state index in [2.05, 4.69) is 20.7 Å². The van der Waals surface area contributed by atoms with E-state index in [1.54, 1.807) is 51.2 Å². The van der Waals surface area contributed by atoms with Crippen molar-refractivity contribution in [3.8, 4) is 5.69 Å². The van der Waals surface area contributed by atoms with Gasteiger partial charge in [0.25, 0.3) is 0 Å². The van der Waals surface area contributed by atoms with Gasteiger partial charge in [0.15, 0.2) is 0 Å². The molecule has 3 rings (SSSR count). The van der Waals surface area contributed by atoms with Crippen LogP contribution in [-0.2, 0) is 14.8 Å². The molecule has 1 amide bonds. The Hall–Kier alpha value is -2.95. The number of carbonyl (C=O) groups excluding carboxylic acids is 1. The van der Waals surface area contributed by atoms with E-state index in [0.717, 1.165) is 0 Å². The fourth-order valence-electron chi connectivity index (χ4n) is 2.71. The third-order valence-corrected chi connectivity index (χ3v) is 6.89. The molecule has 164 valence electrons. The topological polar surface area (TPSA) is 109 Å². The van der Waals surface area contributed by atoms with Crippen LogP contribution < -0.4 is 10.6 Å². The summed E-state index contributed by atoms with van der Waals surface area (Å²) in [6.07, 6.45) is 2.91. The summed E-state index contributed by atoms with van der Waals surface area (Å²) in [6, 6.07) is 11.2. The van der Waals surface area contributed by atoms with Crippen molar-refractivity contribution in [2.24, 2.45) is 0 Å². The zero-order valence-corrected chi connectivity index (χ0v) is 18.9. The molecule has 0 unspecified atom stereocenters. The zero-order chi connectivity index (χ0) is 22.6. The molecule has 1 aromatic heterocycles. The molecular weight excluding hydrogens is 440 g/mol. The van der Waals surface area contributed by atoms with Gasteiger partial charge < -0.3 is 10.6 Å². The highest BCUT2D eigenvalue weighted by atomic mass is 35.5. The van der Waals surface area contributed by atoms with Crippen molar-refractivity contribution in [2.45, 2.75) is 24.8 Å². The highest BCUT2D eigenvalue weighted by Crippen LogP contribution is 2.24. The first-order valence-corrected chi connectivity index (χ1v) is 11.3. The fraction of sp³-hybridized carbons (Fsp3) is 0.250. The molecule has 0 aliphatic carbocycles. The predicted molar refractivity (Wildman–Crippen MR) is 120 cm³/mol. The number of halogens is 1. The smallest absolute Gasteiger partial charge is 0.243 e. The molecule has 0 saturated heterocycles. The Labute approximate surface area is 186 Å². The van der Waals surface area contributed by atoms with Crippen LogP contribution in [0.2, 0.25) is 5.02 Å². The summed E-state index contributed by atoms with van der Waals surface area (Å²) in [5, 5.41) is 10.3. The third-order valence-electron chi connectivity index (χ3n) is 4.61. The predicted octanol–water partition coefficient (Wildman–Crippen LogP) is 3.00. The first-order chi connectivity index (χ1) is 14.7. The first-order valence-electron chi connectivity index (χ1n) is 9.45. The Balaban J connectivity index is 1.65. The van der Waals surface area contributed by atoms with Crippen LogP contribution in [0.15, 0.2) is 60.0 Å². The van der Waals surface area contributed by atoms with Crippen LogP contribution in [0.25, 0.3) is 5.69 Å². The number of nitrogens with zero attached hydrogens (tertiary/aromatic N) is 4. The van der Waals surface area contributed by atoms with E-state index < -0.39 is 10.0 Å². The normalized spacial score (nSPS) is 11.7. The molecule has 0 spiro atoms. The van der Waals surface area contributed by atoms with E-state index in [9.17, 15) is 13.2 Å². The van der Waals surface area contributed by atoms with Crippen molar-refractivity contribution in [3.63, 3.8) is 0 Å². The number of hydrogen-bond donors (Lipinski definition) is 2. The number of benzene rings is 2. The van der Waals surface area contributed by atoms with Crippen LogP contribution in [0, 0.1) is 0 Å². The van der Waals surface area contributed by atoms with Gasteiger partial charge in [0.1, 0.15) is 12.7 Å². The van der Waals surface area contributed by atoms with Crippen LogP contribution in [0.3, 0.4) is 0 Å². The Morgan fingerprint density at radius 1 is 1.19 bits per heavy atom. The summed E-state index contributed by atoms with van der Waals surface area (Å²) in [4.78, 5) is 16.5. The fourth-order valence-corrected chi connectivity index (χ4v) is 4.25. The van der Waals surface area contributed by atoms with E-state index in [-0.39, 0.29) is 23.4 Å². The number of hydrogen-bond acceptors (Lipinski definition) is 6. The van der Waals surface area contributed by atoms with E-state index in [1.807, 2.05) is 0 Å². The van der Waals surface area contributed by atoms with Crippen LogP contribution in [-0.4, -0.2) is 53.0 Å². The minimum atomic E-state index is -3.56. The average molecular weight is 463 g/mol. The maximum absolute atomic E-state index is 12.5. The number of carbonyl (C=O) groups is 1. The molecule has 0 saturated carbocycles. The van der Waals surface area contributed by atoms with Crippen molar-refractivity contribution in [1.82, 2.24) is 19.1 Å². The standard InChI is InChI=1S/C20H23ClN6O3S/c1-14(2)26(3)31(29,30)17-7-5-16(6-8-17)23-11-20(28)25-18-10-15(21)4-9-19(18)27-13-22-12-24-27/h4-10,12-14,23H,11H2,1-3H3,(H,25,28). The molecule has 2 N–H and O–H groups in total. The molecule has 0 atom stereocenters. The number of sulfonamides is 1. The Morgan fingerprint density at radius 3 is 2.52 bits per heavy atom. The van der Waals surface area contributed by atoms with E-state index in [0.29, 0.717) is 22.1 Å². The van der Waals surface area contributed by atoms with Gasteiger partial charge in [-0.2, -0.15) is 9.40 Å². The second-order valence-corrected chi connectivity index (χ2v) is 9.48. The molecule has 0 fully saturated rings. The minimum absolute atomic E-state index is 0.0265. The lowest BCUT2D eigenvalue weighted by Gasteiger charge is -2.21. The average Bonchev–Trinajstić information content (AvgIpc) is 3.26. The molecule has 1 heterocycles. The van der Waals surface area contributed by atoms with Gasteiger partial charge in [0.05, 0.1) is 22.8 Å². The molecule has 2 aromatic carbocycles. The van der Waals surface area contributed by atoms with Gasteiger partial charge in [-0.1, -0.05) is 11.6 Å². The lowest BCUT2D eigenvalue weighted by Crippen LogP contribution is -2.33. The van der Waals surface area contributed by atoms with Crippen LogP contribution in [0.5, 0.6) is 0 Å². The highest BCUT2D eigenvalue weighted by Gasteiger charge is 2.22. The van der Waals surface area contributed by atoms with E-state index in [4.69, 9.17) is 11.6 Å². The monoisotopic (exact) mass is 462 g/mol. The highest BCUT2D eigenvalue weighted by molar-refractivity contribution is 7.89. The maximum atomic E-state index is 12.5. The Bertz CT molecular complexity index is 1150. The van der Waals surface area contributed by atoms with E-state index in [1.165, 1.54) is 33.8 Å². The number of amides is 1. The number of rotatable bonds is 8. The largest absolute Gasteiger partial charge is 0.376 e. The molecule has 11 heteroatoms. The van der Waals surface area contributed by atoms with Gasteiger partial charge in [-0.3, -0.25) is 4.79 Å². The van der Waals surface area contributed by atoms with Crippen molar-refractivity contribution in [2.75, 3.05) is 24.2 Å².